The number of hydrogen-bond donors (Lipinski definition) is 5. The minimum atomic E-state index is -1.31. The largest absolute Gasteiger partial charge is 0.508 e. The summed E-state index contributed by atoms with van der Waals surface area (Å²) >= 11 is 1.23. The zero-order valence-corrected chi connectivity index (χ0v) is 19.3. The van der Waals surface area contributed by atoms with Crippen LogP contribution in [0, 0.1) is 6.92 Å². The van der Waals surface area contributed by atoms with Gasteiger partial charge in [0, 0.05) is 19.3 Å². The smallest absolute Gasteiger partial charge is 0.328 e. The zero-order valence-electron chi connectivity index (χ0n) is 18.4. The molecule has 0 bridgehead atoms. The fourth-order valence-corrected chi connectivity index (χ4v) is 3.75. The summed E-state index contributed by atoms with van der Waals surface area (Å²) in [5, 5.41) is 28.7. The van der Waals surface area contributed by atoms with Crippen molar-refractivity contribution in [2.75, 3.05) is 18.4 Å². The molecule has 0 saturated heterocycles. The third kappa shape index (κ3) is 7.01. The maximum atomic E-state index is 12.6. The SMILES string of the molecule is Cc1nc(NCCCc2cccc(O)c2)ncc1C(=O)N[C@@H](CNC(=O)c1cccs1)C(=O)O. The van der Waals surface area contributed by atoms with E-state index in [2.05, 4.69) is 25.9 Å². The molecule has 10 nitrogen and oxygen atoms in total. The highest BCUT2D eigenvalue weighted by Crippen LogP contribution is 2.13. The number of hydrogen-bond acceptors (Lipinski definition) is 8. The maximum Gasteiger partial charge on any atom is 0.328 e. The molecule has 34 heavy (non-hydrogen) atoms. The molecule has 178 valence electrons. The van der Waals surface area contributed by atoms with Gasteiger partial charge in [0.2, 0.25) is 5.95 Å². The van der Waals surface area contributed by atoms with Crippen LogP contribution in [0.2, 0.25) is 0 Å². The van der Waals surface area contributed by atoms with Gasteiger partial charge < -0.3 is 26.2 Å². The molecule has 0 aliphatic carbocycles. The predicted molar refractivity (Wildman–Crippen MR) is 127 cm³/mol. The van der Waals surface area contributed by atoms with Crippen LogP contribution in [0.15, 0.2) is 48.0 Å². The number of carbonyl (C=O) groups excluding carboxylic acids is 2. The van der Waals surface area contributed by atoms with Gasteiger partial charge in [0.05, 0.1) is 16.1 Å². The van der Waals surface area contributed by atoms with Crippen LogP contribution < -0.4 is 16.0 Å². The molecule has 2 amide bonds. The number of aliphatic carboxylic acids is 1. The number of carboxylic acid groups (broad SMARTS) is 1. The monoisotopic (exact) mass is 483 g/mol. The average Bonchev–Trinajstić information content (AvgIpc) is 3.34. The van der Waals surface area contributed by atoms with Gasteiger partial charge >= 0.3 is 5.97 Å². The zero-order chi connectivity index (χ0) is 24.5. The van der Waals surface area contributed by atoms with Gasteiger partial charge in [-0.3, -0.25) is 9.59 Å². The first-order chi connectivity index (χ1) is 16.3. The Hall–Kier alpha value is -3.99. The topological polar surface area (TPSA) is 154 Å². The third-order valence-electron chi connectivity index (χ3n) is 4.87. The van der Waals surface area contributed by atoms with E-state index in [-0.39, 0.29) is 17.9 Å². The van der Waals surface area contributed by atoms with Crippen LogP contribution >= 0.6 is 11.3 Å². The molecule has 2 heterocycles. The number of carbonyl (C=O) groups is 3. The normalized spacial score (nSPS) is 11.4. The number of aromatic hydroxyl groups is 1. The van der Waals surface area contributed by atoms with E-state index in [9.17, 15) is 24.6 Å². The van der Waals surface area contributed by atoms with Crippen molar-refractivity contribution in [1.29, 1.82) is 0 Å². The number of aryl methyl sites for hydroxylation is 2. The van der Waals surface area contributed by atoms with Gasteiger partial charge in [0.25, 0.3) is 11.8 Å². The van der Waals surface area contributed by atoms with Gasteiger partial charge in [0.1, 0.15) is 11.8 Å². The number of anilines is 1. The van der Waals surface area contributed by atoms with Crippen molar-refractivity contribution in [2.45, 2.75) is 25.8 Å². The number of phenols is 1. The van der Waals surface area contributed by atoms with Crippen LogP contribution in [0.25, 0.3) is 0 Å². The molecule has 0 saturated carbocycles. The van der Waals surface area contributed by atoms with Gasteiger partial charge in [-0.15, -0.1) is 11.3 Å². The number of aromatic nitrogens is 2. The van der Waals surface area contributed by atoms with Crippen LogP contribution in [0.4, 0.5) is 5.95 Å². The molecule has 5 N–H and O–H groups in total. The van der Waals surface area contributed by atoms with E-state index in [1.54, 1.807) is 42.6 Å². The third-order valence-corrected chi connectivity index (χ3v) is 5.74. The fraction of sp³-hybridized carbons (Fsp3) is 0.261. The second-order valence-corrected chi connectivity index (χ2v) is 8.39. The number of carboxylic acids is 1. The van der Waals surface area contributed by atoms with E-state index in [0.717, 1.165) is 18.4 Å². The molecule has 2 aromatic heterocycles. The number of nitrogens with zero attached hydrogens (tertiary/aromatic N) is 2. The molecular formula is C23H25N5O5S. The van der Waals surface area contributed by atoms with E-state index in [1.165, 1.54) is 17.5 Å². The quantitative estimate of drug-likeness (QED) is 0.260. The molecule has 1 aromatic carbocycles. The Morgan fingerprint density at radius 2 is 1.97 bits per heavy atom. The molecule has 0 aliphatic rings. The van der Waals surface area contributed by atoms with Crippen molar-refractivity contribution in [1.82, 2.24) is 20.6 Å². The Bertz CT molecular complexity index is 1150. The van der Waals surface area contributed by atoms with Crippen LogP contribution in [0.1, 0.15) is 37.7 Å². The summed E-state index contributed by atoms with van der Waals surface area (Å²) in [4.78, 5) is 45.1. The van der Waals surface area contributed by atoms with Crippen molar-refractivity contribution < 1.29 is 24.6 Å². The molecular weight excluding hydrogens is 458 g/mol. The first-order valence-corrected chi connectivity index (χ1v) is 11.4. The number of benzene rings is 1. The Labute approximate surface area is 200 Å². The number of rotatable bonds is 11. The number of phenolic OH excluding ortho intramolecular Hbond substituents is 1. The second-order valence-electron chi connectivity index (χ2n) is 7.44. The summed E-state index contributed by atoms with van der Waals surface area (Å²) < 4.78 is 0. The summed E-state index contributed by atoms with van der Waals surface area (Å²) in [6.07, 6.45) is 2.88. The first kappa shape index (κ1) is 24.6. The lowest BCUT2D eigenvalue weighted by atomic mass is 10.1. The lowest BCUT2D eigenvalue weighted by molar-refractivity contribution is -0.139. The number of nitrogens with one attached hydrogen (secondary N) is 3. The van der Waals surface area contributed by atoms with Crippen LogP contribution in [0.5, 0.6) is 5.75 Å². The van der Waals surface area contributed by atoms with Crippen LogP contribution in [0.3, 0.4) is 0 Å². The van der Waals surface area contributed by atoms with Gasteiger partial charge in [0.15, 0.2) is 0 Å². The summed E-state index contributed by atoms with van der Waals surface area (Å²) in [6, 6.07) is 9.09. The second kappa shape index (κ2) is 11.8. The maximum absolute atomic E-state index is 12.6. The Morgan fingerprint density at radius 3 is 2.65 bits per heavy atom. The summed E-state index contributed by atoms with van der Waals surface area (Å²) in [5.41, 5.74) is 1.54. The number of amides is 2. The van der Waals surface area contributed by atoms with Crippen LogP contribution in [-0.4, -0.2) is 57.1 Å². The standard InChI is InChI=1S/C23H25N5O5S/c1-14-17(12-26-23(27-14)24-9-3-6-15-5-2-7-16(29)11-15)20(30)28-18(22(32)33)13-25-21(31)19-8-4-10-34-19/h2,4-5,7-8,10-12,18,29H,3,6,9,13H2,1H3,(H,25,31)(H,28,30)(H,32,33)(H,24,26,27)/t18-/m0/s1. The van der Waals surface area contributed by atoms with Crippen molar-refractivity contribution in [3.63, 3.8) is 0 Å². The molecule has 3 rings (SSSR count). The van der Waals surface area contributed by atoms with Gasteiger partial charge in [-0.1, -0.05) is 18.2 Å². The lowest BCUT2D eigenvalue weighted by Gasteiger charge is -2.16. The van der Waals surface area contributed by atoms with E-state index in [4.69, 9.17) is 0 Å². The summed E-state index contributed by atoms with van der Waals surface area (Å²) in [6.45, 7) is 1.95. The number of thiophene rings is 1. The minimum Gasteiger partial charge on any atom is -0.508 e. The van der Waals surface area contributed by atoms with E-state index in [1.807, 2.05) is 6.07 Å². The first-order valence-electron chi connectivity index (χ1n) is 10.5. The highest BCUT2D eigenvalue weighted by molar-refractivity contribution is 7.12. The Kier molecular flexibility index (Phi) is 8.52. The molecule has 0 fully saturated rings. The van der Waals surface area contributed by atoms with E-state index >= 15 is 0 Å². The van der Waals surface area contributed by atoms with Crippen molar-refractivity contribution in [3.05, 3.63) is 69.7 Å². The van der Waals surface area contributed by atoms with Crippen molar-refractivity contribution >= 4 is 35.1 Å². The van der Waals surface area contributed by atoms with E-state index < -0.39 is 23.8 Å². The fourth-order valence-electron chi connectivity index (χ4n) is 3.11. The van der Waals surface area contributed by atoms with Gasteiger partial charge in [-0.25, -0.2) is 14.8 Å². The van der Waals surface area contributed by atoms with E-state index in [0.29, 0.717) is 23.1 Å². The predicted octanol–water partition coefficient (Wildman–Crippen LogP) is 2.21. The molecule has 11 heteroatoms. The molecule has 0 unspecified atom stereocenters. The molecule has 3 aromatic rings. The highest BCUT2D eigenvalue weighted by Gasteiger charge is 2.23. The molecule has 0 spiro atoms. The summed E-state index contributed by atoms with van der Waals surface area (Å²) in [7, 11) is 0. The van der Waals surface area contributed by atoms with Crippen LogP contribution in [-0.2, 0) is 11.2 Å². The Morgan fingerprint density at radius 1 is 1.15 bits per heavy atom. The molecule has 1 atom stereocenters. The van der Waals surface area contributed by atoms with Crippen molar-refractivity contribution in [3.8, 4) is 5.75 Å². The highest BCUT2D eigenvalue weighted by atomic mass is 32.1. The van der Waals surface area contributed by atoms with Gasteiger partial charge in [-0.05, 0) is 48.9 Å². The molecule has 0 aliphatic heterocycles. The van der Waals surface area contributed by atoms with Gasteiger partial charge in [-0.2, -0.15) is 0 Å². The average molecular weight is 484 g/mol. The molecule has 0 radical (unpaired) electrons. The minimum absolute atomic E-state index is 0.140. The Balaban J connectivity index is 1.51. The van der Waals surface area contributed by atoms with Crippen molar-refractivity contribution in [2.24, 2.45) is 0 Å². The summed E-state index contributed by atoms with van der Waals surface area (Å²) in [5.74, 6) is -1.75. The lowest BCUT2D eigenvalue weighted by Crippen LogP contribution is -2.48.